The van der Waals surface area contributed by atoms with Crippen molar-refractivity contribution in [1.82, 2.24) is 9.97 Å². The lowest BCUT2D eigenvalue weighted by Gasteiger charge is -1.89. The van der Waals surface area contributed by atoms with Crippen molar-refractivity contribution in [2.45, 2.75) is 13.5 Å². The van der Waals surface area contributed by atoms with Crippen LogP contribution in [0.2, 0.25) is 0 Å². The van der Waals surface area contributed by atoms with Crippen LogP contribution in [0, 0.1) is 6.92 Å². The second-order valence-corrected chi connectivity index (χ2v) is 6.89. The molecule has 92 valence electrons. The van der Waals surface area contributed by atoms with Crippen LogP contribution < -0.4 is 5.73 Å². The minimum atomic E-state index is 0.488. The normalized spacial score (nSPS) is 11.3. The Morgan fingerprint density at radius 3 is 2.83 bits per heavy atom. The number of benzene rings is 1. The summed E-state index contributed by atoms with van der Waals surface area (Å²) in [5.41, 5.74) is 7.66. The summed E-state index contributed by atoms with van der Waals surface area (Å²) in [5, 5.41) is 1.99. The summed E-state index contributed by atoms with van der Waals surface area (Å²) in [6.45, 7) is 2.49. The average molecular weight is 340 g/mol. The maximum Gasteiger partial charge on any atom is 0.136 e. The monoisotopic (exact) mass is 339 g/mol. The van der Waals surface area contributed by atoms with E-state index in [1.54, 1.807) is 22.7 Å². The SMILES string of the molecule is Cc1nc(CN)sc1-c1nc2cc(Br)ccc2s1. The number of rotatable bonds is 2. The zero-order chi connectivity index (χ0) is 12.7. The van der Waals surface area contributed by atoms with Crippen LogP contribution >= 0.6 is 38.6 Å². The number of thiazole rings is 2. The second-order valence-electron chi connectivity index (χ2n) is 3.86. The molecule has 3 rings (SSSR count). The largest absolute Gasteiger partial charge is 0.325 e. The summed E-state index contributed by atoms with van der Waals surface area (Å²) in [5.74, 6) is 0. The van der Waals surface area contributed by atoms with Crippen molar-refractivity contribution < 1.29 is 0 Å². The number of aryl methyl sites for hydroxylation is 1. The van der Waals surface area contributed by atoms with Crippen molar-refractivity contribution >= 4 is 48.8 Å². The lowest BCUT2D eigenvalue weighted by molar-refractivity contribution is 1.02. The Labute approximate surface area is 121 Å². The first-order chi connectivity index (χ1) is 8.67. The van der Waals surface area contributed by atoms with E-state index >= 15 is 0 Å². The molecule has 0 bridgehead atoms. The molecule has 3 aromatic rings. The molecule has 2 heterocycles. The summed E-state index contributed by atoms with van der Waals surface area (Å²) in [4.78, 5) is 10.2. The Kier molecular flexibility index (Phi) is 3.19. The van der Waals surface area contributed by atoms with Gasteiger partial charge in [-0.25, -0.2) is 9.97 Å². The predicted octanol–water partition coefficient (Wildman–Crippen LogP) is 3.95. The summed E-state index contributed by atoms with van der Waals surface area (Å²) < 4.78 is 2.24. The van der Waals surface area contributed by atoms with Crippen molar-refractivity contribution in [2.24, 2.45) is 5.73 Å². The van der Waals surface area contributed by atoms with Gasteiger partial charge in [0.15, 0.2) is 0 Å². The third-order valence-electron chi connectivity index (χ3n) is 2.56. The zero-order valence-corrected chi connectivity index (χ0v) is 12.8. The molecule has 2 N–H and O–H groups in total. The van der Waals surface area contributed by atoms with Gasteiger partial charge in [0.05, 0.1) is 20.8 Å². The number of nitrogens with two attached hydrogens (primary N) is 1. The molecule has 0 aliphatic rings. The van der Waals surface area contributed by atoms with Crippen LogP contribution in [0.25, 0.3) is 20.1 Å². The maximum atomic E-state index is 5.63. The zero-order valence-electron chi connectivity index (χ0n) is 9.61. The molecule has 0 atom stereocenters. The van der Waals surface area contributed by atoms with Gasteiger partial charge in [-0.15, -0.1) is 22.7 Å². The van der Waals surface area contributed by atoms with Gasteiger partial charge in [0.2, 0.25) is 0 Å². The van der Waals surface area contributed by atoms with Gasteiger partial charge < -0.3 is 5.73 Å². The third-order valence-corrected chi connectivity index (χ3v) is 5.42. The number of hydrogen-bond acceptors (Lipinski definition) is 5. The van der Waals surface area contributed by atoms with Gasteiger partial charge in [0.1, 0.15) is 10.0 Å². The Morgan fingerprint density at radius 2 is 2.11 bits per heavy atom. The quantitative estimate of drug-likeness (QED) is 0.768. The van der Waals surface area contributed by atoms with E-state index in [2.05, 4.69) is 32.0 Å². The minimum absolute atomic E-state index is 0.488. The molecule has 0 saturated carbocycles. The van der Waals surface area contributed by atoms with Crippen molar-refractivity contribution in [3.8, 4) is 9.88 Å². The second kappa shape index (κ2) is 4.70. The van der Waals surface area contributed by atoms with Crippen LogP contribution in [0.4, 0.5) is 0 Å². The van der Waals surface area contributed by atoms with E-state index < -0.39 is 0 Å². The van der Waals surface area contributed by atoms with Crippen LogP contribution in [0.15, 0.2) is 22.7 Å². The van der Waals surface area contributed by atoms with Gasteiger partial charge in [-0.2, -0.15) is 0 Å². The van der Waals surface area contributed by atoms with Crippen molar-refractivity contribution in [1.29, 1.82) is 0 Å². The smallest absolute Gasteiger partial charge is 0.136 e. The first-order valence-electron chi connectivity index (χ1n) is 5.40. The fourth-order valence-corrected chi connectivity index (χ4v) is 4.10. The van der Waals surface area contributed by atoms with E-state index in [0.717, 1.165) is 30.6 Å². The highest BCUT2D eigenvalue weighted by Gasteiger charge is 2.13. The molecular weight excluding hydrogens is 330 g/mol. The molecule has 0 amide bonds. The van der Waals surface area contributed by atoms with Gasteiger partial charge in [-0.3, -0.25) is 0 Å². The summed E-state index contributed by atoms with van der Waals surface area (Å²) in [6.07, 6.45) is 0. The molecule has 0 aliphatic carbocycles. The Balaban J connectivity index is 2.15. The Bertz CT molecular complexity index is 717. The summed E-state index contributed by atoms with van der Waals surface area (Å²) in [6, 6.07) is 6.16. The maximum absolute atomic E-state index is 5.63. The lowest BCUT2D eigenvalue weighted by atomic mass is 10.3. The van der Waals surface area contributed by atoms with Crippen molar-refractivity contribution in [3.63, 3.8) is 0 Å². The van der Waals surface area contributed by atoms with Crippen molar-refractivity contribution in [3.05, 3.63) is 33.4 Å². The molecule has 3 nitrogen and oxygen atoms in total. The molecule has 0 saturated heterocycles. The van der Waals surface area contributed by atoms with Gasteiger partial charge in [0.25, 0.3) is 0 Å². The number of halogens is 1. The molecule has 0 unspecified atom stereocenters. The van der Waals surface area contributed by atoms with E-state index in [9.17, 15) is 0 Å². The highest BCUT2D eigenvalue weighted by atomic mass is 79.9. The molecule has 0 fully saturated rings. The number of aromatic nitrogens is 2. The van der Waals surface area contributed by atoms with Crippen LogP contribution in [0.1, 0.15) is 10.7 Å². The summed E-state index contributed by atoms with van der Waals surface area (Å²) in [7, 11) is 0. The first kappa shape index (κ1) is 12.2. The molecular formula is C12H10BrN3S2. The minimum Gasteiger partial charge on any atom is -0.325 e. The highest BCUT2D eigenvalue weighted by molar-refractivity contribution is 9.10. The van der Waals surface area contributed by atoms with E-state index in [1.807, 2.05) is 19.1 Å². The Morgan fingerprint density at radius 1 is 1.28 bits per heavy atom. The summed E-state index contributed by atoms with van der Waals surface area (Å²) >= 11 is 6.79. The predicted molar refractivity (Wildman–Crippen MR) is 81.1 cm³/mol. The number of nitrogens with zero attached hydrogens (tertiary/aromatic N) is 2. The molecule has 2 aromatic heterocycles. The van der Waals surface area contributed by atoms with E-state index in [0.29, 0.717) is 6.54 Å². The fraction of sp³-hybridized carbons (Fsp3) is 0.167. The van der Waals surface area contributed by atoms with E-state index in [4.69, 9.17) is 5.73 Å². The van der Waals surface area contributed by atoms with Gasteiger partial charge in [0, 0.05) is 11.0 Å². The topological polar surface area (TPSA) is 51.8 Å². The van der Waals surface area contributed by atoms with Crippen LogP contribution in [0.3, 0.4) is 0 Å². The molecule has 6 heteroatoms. The van der Waals surface area contributed by atoms with E-state index in [1.165, 1.54) is 4.70 Å². The third kappa shape index (κ3) is 2.09. The molecule has 0 spiro atoms. The standard InChI is InChI=1S/C12H10BrN3S2/c1-6-11(18-10(5-14)15-6)12-16-8-4-7(13)2-3-9(8)17-12/h2-4H,5,14H2,1H3. The molecule has 1 aromatic carbocycles. The van der Waals surface area contributed by atoms with Crippen LogP contribution in [-0.2, 0) is 6.54 Å². The van der Waals surface area contributed by atoms with Gasteiger partial charge in [-0.05, 0) is 25.1 Å². The number of hydrogen-bond donors (Lipinski definition) is 1. The number of fused-ring (bicyclic) bond motifs is 1. The first-order valence-corrected chi connectivity index (χ1v) is 7.83. The van der Waals surface area contributed by atoms with Crippen molar-refractivity contribution in [2.75, 3.05) is 0 Å². The Hall–Kier alpha value is -0.820. The van der Waals surface area contributed by atoms with Gasteiger partial charge in [-0.1, -0.05) is 15.9 Å². The van der Waals surface area contributed by atoms with Crippen LogP contribution in [0.5, 0.6) is 0 Å². The van der Waals surface area contributed by atoms with E-state index in [-0.39, 0.29) is 0 Å². The van der Waals surface area contributed by atoms with Crippen LogP contribution in [-0.4, -0.2) is 9.97 Å². The molecule has 0 radical (unpaired) electrons. The van der Waals surface area contributed by atoms with Gasteiger partial charge >= 0.3 is 0 Å². The molecule has 18 heavy (non-hydrogen) atoms. The highest BCUT2D eigenvalue weighted by Crippen LogP contribution is 2.36. The average Bonchev–Trinajstić information content (AvgIpc) is 2.91. The molecule has 0 aliphatic heterocycles. The lowest BCUT2D eigenvalue weighted by Crippen LogP contribution is -1.94. The fourth-order valence-electron chi connectivity index (χ4n) is 1.74.